The van der Waals surface area contributed by atoms with Crippen LogP contribution in [0, 0.1) is 11.7 Å². The number of carboxylic acids is 1. The summed E-state index contributed by atoms with van der Waals surface area (Å²) in [5.41, 5.74) is 0.427. The molecule has 1 N–H and O–H groups in total. The van der Waals surface area contributed by atoms with Crippen LogP contribution in [0.25, 0.3) is 0 Å². The highest BCUT2D eigenvalue weighted by atomic mass is 19.1. The van der Waals surface area contributed by atoms with E-state index in [9.17, 15) is 14.0 Å². The summed E-state index contributed by atoms with van der Waals surface area (Å²) in [5, 5.41) is 8.90. The number of aliphatic carboxylic acids is 1. The Hall–Kier alpha value is -2.11. The molecular formula is C14H19FN2O3. The normalized spacial score (nSPS) is 11.8. The Balaban J connectivity index is 2.82. The molecule has 0 heterocycles. The minimum atomic E-state index is -0.954. The number of hydrogen-bond acceptors (Lipinski definition) is 2. The van der Waals surface area contributed by atoms with Gasteiger partial charge in [0.05, 0.1) is 5.92 Å². The molecule has 0 fully saturated rings. The van der Waals surface area contributed by atoms with Crippen LogP contribution in [0.3, 0.4) is 0 Å². The van der Waals surface area contributed by atoms with E-state index in [1.54, 1.807) is 19.9 Å². The van der Waals surface area contributed by atoms with E-state index in [-0.39, 0.29) is 12.6 Å². The van der Waals surface area contributed by atoms with Crippen molar-refractivity contribution in [3.63, 3.8) is 0 Å². The summed E-state index contributed by atoms with van der Waals surface area (Å²) in [6.07, 6.45) is 0. The van der Waals surface area contributed by atoms with Gasteiger partial charge in [-0.2, -0.15) is 0 Å². The second-order valence-corrected chi connectivity index (χ2v) is 4.60. The van der Waals surface area contributed by atoms with Crippen LogP contribution in [-0.4, -0.2) is 42.1 Å². The van der Waals surface area contributed by atoms with E-state index in [0.717, 1.165) is 0 Å². The number of rotatable bonds is 5. The second-order valence-electron chi connectivity index (χ2n) is 4.60. The highest BCUT2D eigenvalue weighted by Gasteiger charge is 2.22. The molecule has 0 aromatic heterocycles. The molecule has 5 nitrogen and oxygen atoms in total. The predicted octanol–water partition coefficient (Wildman–Crippen LogP) is 2.42. The van der Waals surface area contributed by atoms with E-state index in [2.05, 4.69) is 0 Å². The van der Waals surface area contributed by atoms with Gasteiger partial charge in [0, 0.05) is 25.8 Å². The summed E-state index contributed by atoms with van der Waals surface area (Å²) in [5.74, 6) is -2.03. The molecule has 1 aromatic rings. The third-order valence-electron chi connectivity index (χ3n) is 3.05. The maximum Gasteiger partial charge on any atom is 0.324 e. The first kappa shape index (κ1) is 15.9. The third kappa shape index (κ3) is 3.94. The highest BCUT2D eigenvalue weighted by molar-refractivity contribution is 5.91. The fourth-order valence-electron chi connectivity index (χ4n) is 1.76. The van der Waals surface area contributed by atoms with E-state index < -0.39 is 17.7 Å². The molecule has 110 valence electrons. The number of carbonyl (C=O) groups is 2. The van der Waals surface area contributed by atoms with Gasteiger partial charge < -0.3 is 10.0 Å². The Morgan fingerprint density at radius 2 is 2.05 bits per heavy atom. The maximum absolute atomic E-state index is 13.2. The first-order valence-electron chi connectivity index (χ1n) is 6.37. The standard InChI is InChI=1S/C14H19FN2O3/c1-4-17(9-10(2)13(18)19)14(20)16(3)12-7-5-6-11(15)8-12/h5-8,10H,4,9H2,1-3H3,(H,18,19). The number of carbonyl (C=O) groups excluding carboxylic acids is 1. The first-order chi connectivity index (χ1) is 9.36. The van der Waals surface area contributed by atoms with Crippen LogP contribution >= 0.6 is 0 Å². The van der Waals surface area contributed by atoms with Crippen molar-refractivity contribution >= 4 is 17.7 Å². The molecule has 0 aliphatic rings. The number of urea groups is 1. The zero-order chi connectivity index (χ0) is 15.3. The molecule has 1 atom stereocenters. The van der Waals surface area contributed by atoms with Gasteiger partial charge in [0.25, 0.3) is 0 Å². The molecule has 0 aliphatic carbocycles. The number of halogens is 1. The quantitative estimate of drug-likeness (QED) is 0.902. The smallest absolute Gasteiger partial charge is 0.324 e. The Labute approximate surface area is 117 Å². The number of anilines is 1. The molecule has 6 heteroatoms. The van der Waals surface area contributed by atoms with Gasteiger partial charge in [-0.05, 0) is 25.1 Å². The van der Waals surface area contributed by atoms with Crippen molar-refractivity contribution in [1.29, 1.82) is 0 Å². The van der Waals surface area contributed by atoms with E-state index >= 15 is 0 Å². The van der Waals surface area contributed by atoms with Crippen molar-refractivity contribution in [2.45, 2.75) is 13.8 Å². The molecule has 0 saturated carbocycles. The van der Waals surface area contributed by atoms with Crippen molar-refractivity contribution in [1.82, 2.24) is 4.90 Å². The summed E-state index contributed by atoms with van der Waals surface area (Å²) < 4.78 is 13.2. The van der Waals surface area contributed by atoms with E-state index in [0.29, 0.717) is 12.2 Å². The zero-order valence-corrected chi connectivity index (χ0v) is 11.8. The Kier molecular flexibility index (Phi) is 5.49. The van der Waals surface area contributed by atoms with Gasteiger partial charge in [-0.15, -0.1) is 0 Å². The second kappa shape index (κ2) is 6.88. The van der Waals surface area contributed by atoms with Crippen molar-refractivity contribution in [2.75, 3.05) is 25.0 Å². The summed E-state index contributed by atoms with van der Waals surface area (Å²) >= 11 is 0. The van der Waals surface area contributed by atoms with Crippen molar-refractivity contribution in [3.05, 3.63) is 30.1 Å². The molecule has 0 spiro atoms. The van der Waals surface area contributed by atoms with Crippen LogP contribution in [0.15, 0.2) is 24.3 Å². The van der Waals surface area contributed by atoms with Gasteiger partial charge in [0.1, 0.15) is 5.82 Å². The van der Waals surface area contributed by atoms with E-state index in [4.69, 9.17) is 5.11 Å². The van der Waals surface area contributed by atoms with Crippen molar-refractivity contribution < 1.29 is 19.1 Å². The van der Waals surface area contributed by atoms with E-state index in [1.165, 1.54) is 35.0 Å². The van der Waals surface area contributed by atoms with Gasteiger partial charge in [-0.1, -0.05) is 13.0 Å². The molecule has 0 bridgehead atoms. The average Bonchev–Trinajstić information content (AvgIpc) is 2.42. The van der Waals surface area contributed by atoms with Crippen LogP contribution in [0.1, 0.15) is 13.8 Å². The van der Waals surface area contributed by atoms with Crippen LogP contribution in [0.5, 0.6) is 0 Å². The van der Waals surface area contributed by atoms with E-state index in [1.807, 2.05) is 0 Å². The lowest BCUT2D eigenvalue weighted by Crippen LogP contribution is -2.44. The van der Waals surface area contributed by atoms with Crippen molar-refractivity contribution in [3.8, 4) is 0 Å². The molecule has 1 unspecified atom stereocenters. The average molecular weight is 282 g/mol. The third-order valence-corrected chi connectivity index (χ3v) is 3.05. The molecule has 20 heavy (non-hydrogen) atoms. The zero-order valence-electron chi connectivity index (χ0n) is 11.8. The van der Waals surface area contributed by atoms with Gasteiger partial charge >= 0.3 is 12.0 Å². The molecule has 1 rings (SSSR count). The molecule has 1 aromatic carbocycles. The Morgan fingerprint density at radius 1 is 1.40 bits per heavy atom. The topological polar surface area (TPSA) is 60.9 Å². The monoisotopic (exact) mass is 282 g/mol. The molecule has 0 saturated heterocycles. The maximum atomic E-state index is 13.2. The largest absolute Gasteiger partial charge is 0.481 e. The van der Waals surface area contributed by atoms with Crippen LogP contribution in [0.4, 0.5) is 14.9 Å². The van der Waals surface area contributed by atoms with Crippen LogP contribution < -0.4 is 4.90 Å². The summed E-state index contributed by atoms with van der Waals surface area (Å²) in [6.45, 7) is 3.81. The summed E-state index contributed by atoms with van der Waals surface area (Å²) in [6, 6.07) is 5.34. The van der Waals surface area contributed by atoms with Crippen molar-refractivity contribution in [2.24, 2.45) is 5.92 Å². The first-order valence-corrected chi connectivity index (χ1v) is 6.37. The molecule has 0 aliphatic heterocycles. The Morgan fingerprint density at radius 3 is 2.55 bits per heavy atom. The number of nitrogens with zero attached hydrogens (tertiary/aromatic N) is 2. The van der Waals surface area contributed by atoms with Crippen LogP contribution in [-0.2, 0) is 4.79 Å². The lowest BCUT2D eigenvalue weighted by molar-refractivity contribution is -0.141. The molecule has 0 radical (unpaired) electrons. The van der Waals surface area contributed by atoms with Gasteiger partial charge in [0.15, 0.2) is 0 Å². The Bertz CT molecular complexity index is 493. The van der Waals surface area contributed by atoms with Gasteiger partial charge in [-0.3, -0.25) is 9.69 Å². The van der Waals surface area contributed by atoms with Gasteiger partial charge in [-0.25, -0.2) is 9.18 Å². The number of hydrogen-bond donors (Lipinski definition) is 1. The fraction of sp³-hybridized carbons (Fsp3) is 0.429. The van der Waals surface area contributed by atoms with Crippen LogP contribution in [0.2, 0.25) is 0 Å². The minimum absolute atomic E-state index is 0.115. The minimum Gasteiger partial charge on any atom is -0.481 e. The number of amides is 2. The number of carboxylic acid groups (broad SMARTS) is 1. The summed E-state index contributed by atoms with van der Waals surface area (Å²) in [4.78, 5) is 25.9. The molecular weight excluding hydrogens is 263 g/mol. The fourth-order valence-corrected chi connectivity index (χ4v) is 1.76. The lowest BCUT2D eigenvalue weighted by Gasteiger charge is -2.28. The summed E-state index contributed by atoms with van der Waals surface area (Å²) in [7, 11) is 1.53. The molecule has 2 amide bonds. The highest BCUT2D eigenvalue weighted by Crippen LogP contribution is 2.16. The number of benzene rings is 1. The predicted molar refractivity (Wildman–Crippen MR) is 74.2 cm³/mol. The lowest BCUT2D eigenvalue weighted by atomic mass is 10.2. The van der Waals surface area contributed by atoms with Gasteiger partial charge in [0.2, 0.25) is 0 Å². The SMILES string of the molecule is CCN(CC(C)C(=O)O)C(=O)N(C)c1cccc(F)c1.